The van der Waals surface area contributed by atoms with Crippen LogP contribution in [-0.2, 0) is 10.0 Å². The molecule has 0 fully saturated rings. The van der Waals surface area contributed by atoms with Crippen molar-refractivity contribution in [1.29, 1.82) is 0 Å². The van der Waals surface area contributed by atoms with Gasteiger partial charge >= 0.3 is 0 Å². The zero-order valence-corrected chi connectivity index (χ0v) is 12.7. The molecule has 4 nitrogen and oxygen atoms in total. The lowest BCUT2D eigenvalue weighted by Crippen LogP contribution is -2.49. The normalized spacial score (nSPS) is 13.3. The molecule has 106 valence electrons. The van der Waals surface area contributed by atoms with Crippen molar-refractivity contribution in [2.75, 3.05) is 20.6 Å². The van der Waals surface area contributed by atoms with Crippen LogP contribution in [0.1, 0.15) is 19.4 Å². The number of nitrogens with zero attached hydrogens (tertiary/aromatic N) is 1. The fourth-order valence-electron chi connectivity index (χ4n) is 1.97. The van der Waals surface area contributed by atoms with Gasteiger partial charge in [0, 0.05) is 17.5 Å². The van der Waals surface area contributed by atoms with Crippen LogP contribution in [0.2, 0.25) is 0 Å². The van der Waals surface area contributed by atoms with Crippen LogP contribution >= 0.6 is 0 Å². The van der Waals surface area contributed by atoms with E-state index in [1.165, 1.54) is 5.41 Å². The van der Waals surface area contributed by atoms with Gasteiger partial charge in [-0.2, -0.15) is 0 Å². The Balaban J connectivity index is 2.74. The Kier molecular flexibility index (Phi) is 5.29. The first-order valence-electron chi connectivity index (χ1n) is 6.12. The topological polar surface area (TPSA) is 49.4 Å². The Morgan fingerprint density at radius 2 is 1.79 bits per heavy atom. The number of sulfonamides is 1. The highest BCUT2D eigenvalue weighted by Gasteiger charge is 2.23. The molecule has 0 atom stereocenters. The maximum absolute atomic E-state index is 12.0. The first-order chi connectivity index (χ1) is 8.70. The summed E-state index contributed by atoms with van der Waals surface area (Å²) >= 11 is 0. The van der Waals surface area contributed by atoms with Crippen molar-refractivity contribution in [2.45, 2.75) is 19.4 Å². The second kappa shape index (κ2) is 6.32. The van der Waals surface area contributed by atoms with Gasteiger partial charge in [0.1, 0.15) is 0 Å². The summed E-state index contributed by atoms with van der Waals surface area (Å²) in [7, 11) is 0.385. The molecule has 0 amide bonds. The van der Waals surface area contributed by atoms with Crippen molar-refractivity contribution in [3.05, 3.63) is 41.3 Å². The van der Waals surface area contributed by atoms with Gasteiger partial charge in [-0.1, -0.05) is 30.3 Å². The molecule has 0 saturated heterocycles. The minimum atomic E-state index is -3.44. The van der Waals surface area contributed by atoms with E-state index < -0.39 is 15.6 Å². The summed E-state index contributed by atoms with van der Waals surface area (Å²) in [6.45, 7) is 4.35. The number of benzene rings is 1. The molecule has 0 spiro atoms. The minimum Gasteiger partial charge on any atom is -0.308 e. The van der Waals surface area contributed by atoms with E-state index >= 15 is 0 Å². The van der Waals surface area contributed by atoms with Crippen molar-refractivity contribution >= 4 is 16.1 Å². The minimum absolute atomic E-state index is 0.511. The second-order valence-corrected chi connectivity index (χ2v) is 7.05. The second-order valence-electron chi connectivity index (χ2n) is 5.48. The van der Waals surface area contributed by atoms with E-state index in [9.17, 15) is 8.42 Å². The SMILES string of the molecule is CN(C)CC(C)(C)NS(=O)(=O)C=Cc1ccccc1. The molecule has 0 saturated carbocycles. The van der Waals surface area contributed by atoms with Gasteiger partial charge < -0.3 is 4.90 Å². The van der Waals surface area contributed by atoms with Crippen LogP contribution in [0.5, 0.6) is 0 Å². The molecule has 1 rings (SSSR count). The molecule has 0 aromatic heterocycles. The Hall–Kier alpha value is -1.17. The van der Waals surface area contributed by atoms with Gasteiger partial charge in [-0.05, 0) is 39.6 Å². The van der Waals surface area contributed by atoms with Crippen LogP contribution in [-0.4, -0.2) is 39.5 Å². The van der Waals surface area contributed by atoms with Crippen molar-refractivity contribution < 1.29 is 8.42 Å². The predicted octanol–water partition coefficient (Wildman–Crippen LogP) is 1.92. The lowest BCUT2D eigenvalue weighted by atomic mass is 10.1. The predicted molar refractivity (Wildman–Crippen MR) is 80.2 cm³/mol. The number of hydrogen-bond donors (Lipinski definition) is 1. The van der Waals surface area contributed by atoms with Crippen molar-refractivity contribution in [3.8, 4) is 0 Å². The fourth-order valence-corrected chi connectivity index (χ4v) is 3.21. The first kappa shape index (κ1) is 15.9. The summed E-state index contributed by atoms with van der Waals surface area (Å²) in [5, 5.41) is 1.21. The van der Waals surface area contributed by atoms with E-state index in [2.05, 4.69) is 4.72 Å². The molecule has 5 heteroatoms. The standard InChI is InChI=1S/C14H22N2O2S/c1-14(2,12-16(3)4)15-19(17,18)11-10-13-8-6-5-7-9-13/h5-11,15H,12H2,1-4H3. The molecule has 0 bridgehead atoms. The van der Waals surface area contributed by atoms with Crippen LogP contribution in [0.25, 0.3) is 6.08 Å². The van der Waals surface area contributed by atoms with Gasteiger partial charge in [-0.3, -0.25) is 0 Å². The molecule has 0 heterocycles. The largest absolute Gasteiger partial charge is 0.308 e. The lowest BCUT2D eigenvalue weighted by molar-refractivity contribution is 0.299. The van der Waals surface area contributed by atoms with E-state index in [-0.39, 0.29) is 0 Å². The zero-order valence-electron chi connectivity index (χ0n) is 11.9. The summed E-state index contributed by atoms with van der Waals surface area (Å²) in [6.07, 6.45) is 1.59. The Bertz CT molecular complexity index is 520. The molecular formula is C14H22N2O2S. The van der Waals surface area contributed by atoms with Gasteiger partial charge in [-0.15, -0.1) is 0 Å². The quantitative estimate of drug-likeness (QED) is 0.867. The summed E-state index contributed by atoms with van der Waals surface area (Å²) < 4.78 is 26.6. The van der Waals surface area contributed by atoms with Gasteiger partial charge in [0.2, 0.25) is 10.0 Å². The number of hydrogen-bond acceptors (Lipinski definition) is 3. The molecule has 1 aromatic carbocycles. The third-order valence-electron chi connectivity index (χ3n) is 2.37. The molecule has 0 unspecified atom stereocenters. The van der Waals surface area contributed by atoms with E-state index in [1.807, 2.05) is 63.2 Å². The molecule has 1 aromatic rings. The van der Waals surface area contributed by atoms with Gasteiger partial charge in [-0.25, -0.2) is 13.1 Å². The van der Waals surface area contributed by atoms with E-state index in [4.69, 9.17) is 0 Å². The first-order valence-corrected chi connectivity index (χ1v) is 7.67. The monoisotopic (exact) mass is 282 g/mol. The summed E-state index contributed by atoms with van der Waals surface area (Å²) in [5.74, 6) is 0. The average Bonchev–Trinajstić information content (AvgIpc) is 2.24. The summed E-state index contributed by atoms with van der Waals surface area (Å²) in [4.78, 5) is 1.95. The van der Waals surface area contributed by atoms with Crippen LogP contribution in [0.4, 0.5) is 0 Å². The molecule has 1 N–H and O–H groups in total. The maximum Gasteiger partial charge on any atom is 0.234 e. The van der Waals surface area contributed by atoms with Crippen LogP contribution in [0, 0.1) is 0 Å². The van der Waals surface area contributed by atoms with Crippen molar-refractivity contribution in [2.24, 2.45) is 0 Å². The lowest BCUT2D eigenvalue weighted by Gasteiger charge is -2.28. The third-order valence-corrected chi connectivity index (χ3v) is 3.70. The highest BCUT2D eigenvalue weighted by atomic mass is 32.2. The molecule has 0 aliphatic carbocycles. The highest BCUT2D eigenvalue weighted by molar-refractivity contribution is 7.92. The Morgan fingerprint density at radius 3 is 2.32 bits per heavy atom. The molecule has 19 heavy (non-hydrogen) atoms. The zero-order chi connectivity index (χ0) is 14.5. The number of nitrogens with one attached hydrogen (secondary N) is 1. The van der Waals surface area contributed by atoms with Gasteiger partial charge in [0.25, 0.3) is 0 Å². The molecule has 0 aliphatic rings. The van der Waals surface area contributed by atoms with Crippen LogP contribution in [0.3, 0.4) is 0 Å². The van der Waals surface area contributed by atoms with E-state index in [0.29, 0.717) is 6.54 Å². The average molecular weight is 282 g/mol. The van der Waals surface area contributed by atoms with Crippen molar-refractivity contribution in [1.82, 2.24) is 9.62 Å². The van der Waals surface area contributed by atoms with Gasteiger partial charge in [0.05, 0.1) is 0 Å². The fraction of sp³-hybridized carbons (Fsp3) is 0.429. The van der Waals surface area contributed by atoms with Crippen LogP contribution in [0.15, 0.2) is 35.7 Å². The van der Waals surface area contributed by atoms with E-state index in [0.717, 1.165) is 5.56 Å². The van der Waals surface area contributed by atoms with Gasteiger partial charge in [0.15, 0.2) is 0 Å². The third kappa shape index (κ3) is 6.52. The smallest absolute Gasteiger partial charge is 0.234 e. The summed E-state index contributed by atoms with van der Waals surface area (Å²) in [6, 6.07) is 9.35. The Morgan fingerprint density at radius 1 is 1.21 bits per heavy atom. The number of rotatable bonds is 6. The highest BCUT2D eigenvalue weighted by Crippen LogP contribution is 2.08. The van der Waals surface area contributed by atoms with E-state index in [1.54, 1.807) is 6.08 Å². The molecule has 0 aliphatic heterocycles. The maximum atomic E-state index is 12.0. The molecule has 0 radical (unpaired) electrons. The summed E-state index contributed by atoms with van der Waals surface area (Å²) in [5.41, 5.74) is 0.349. The number of likely N-dealkylation sites (N-methyl/N-ethyl adjacent to an activating group) is 1. The van der Waals surface area contributed by atoms with Crippen LogP contribution < -0.4 is 4.72 Å². The van der Waals surface area contributed by atoms with Crippen molar-refractivity contribution in [3.63, 3.8) is 0 Å². The molecular weight excluding hydrogens is 260 g/mol. The Labute approximate surface area is 116 Å².